The largest absolute Gasteiger partial charge is 0.490 e. The molecule has 2 fully saturated rings. The minimum atomic E-state index is 0.197. The van der Waals surface area contributed by atoms with Crippen molar-refractivity contribution in [3.05, 3.63) is 59.9 Å². The van der Waals surface area contributed by atoms with Crippen molar-refractivity contribution in [2.45, 2.75) is 57.2 Å². The molecule has 2 saturated heterocycles. The first-order chi connectivity index (χ1) is 12.2. The SMILES string of the molecule is Cc1cccc(CC(=O)N2C3CCC2CC(Oc2ccncc2)C3)c1. The molecule has 3 heterocycles. The molecule has 130 valence electrons. The number of hydrogen-bond acceptors (Lipinski definition) is 3. The first-order valence-corrected chi connectivity index (χ1v) is 9.12. The quantitative estimate of drug-likeness (QED) is 0.858. The molecule has 0 spiro atoms. The second-order valence-corrected chi connectivity index (χ2v) is 7.25. The van der Waals surface area contributed by atoms with Gasteiger partial charge in [0.1, 0.15) is 11.9 Å². The minimum Gasteiger partial charge on any atom is -0.490 e. The number of hydrogen-bond donors (Lipinski definition) is 0. The monoisotopic (exact) mass is 336 g/mol. The minimum absolute atomic E-state index is 0.197. The molecule has 0 radical (unpaired) electrons. The Morgan fingerprint density at radius 2 is 1.88 bits per heavy atom. The summed E-state index contributed by atoms with van der Waals surface area (Å²) in [7, 11) is 0. The van der Waals surface area contributed by atoms with Crippen LogP contribution < -0.4 is 4.74 Å². The maximum Gasteiger partial charge on any atom is 0.227 e. The zero-order valence-corrected chi connectivity index (χ0v) is 14.6. The molecule has 0 aliphatic carbocycles. The van der Waals surface area contributed by atoms with Gasteiger partial charge in [-0.25, -0.2) is 0 Å². The average molecular weight is 336 g/mol. The van der Waals surface area contributed by atoms with Crippen LogP contribution in [0.15, 0.2) is 48.8 Å². The maximum absolute atomic E-state index is 12.9. The summed E-state index contributed by atoms with van der Waals surface area (Å²) in [5.41, 5.74) is 2.32. The van der Waals surface area contributed by atoms with Crippen LogP contribution in [-0.2, 0) is 11.2 Å². The van der Waals surface area contributed by atoms with E-state index in [4.69, 9.17) is 4.74 Å². The molecule has 2 unspecified atom stereocenters. The number of amides is 1. The molecule has 0 saturated carbocycles. The number of piperidine rings is 1. The Labute approximate surface area is 148 Å². The predicted molar refractivity (Wildman–Crippen MR) is 96.4 cm³/mol. The second-order valence-electron chi connectivity index (χ2n) is 7.25. The van der Waals surface area contributed by atoms with Crippen LogP contribution in [-0.4, -0.2) is 34.0 Å². The number of nitrogens with zero attached hydrogens (tertiary/aromatic N) is 2. The van der Waals surface area contributed by atoms with Crippen molar-refractivity contribution in [2.24, 2.45) is 0 Å². The van der Waals surface area contributed by atoms with Gasteiger partial charge in [-0.3, -0.25) is 9.78 Å². The standard InChI is InChI=1S/C21H24N2O2/c1-15-3-2-4-16(11-15)12-21(24)23-17-5-6-18(23)14-20(13-17)25-19-7-9-22-10-8-19/h2-4,7-11,17-18,20H,5-6,12-14H2,1H3. The molecule has 0 N–H and O–H groups in total. The fourth-order valence-electron chi connectivity index (χ4n) is 4.33. The number of carbonyl (C=O) groups excluding carboxylic acids is 1. The van der Waals surface area contributed by atoms with Crippen LogP contribution in [0.5, 0.6) is 5.75 Å². The maximum atomic E-state index is 12.9. The van der Waals surface area contributed by atoms with Crippen LogP contribution in [0.2, 0.25) is 0 Å². The third-order valence-electron chi connectivity index (χ3n) is 5.37. The van der Waals surface area contributed by atoms with Crippen LogP contribution in [0.1, 0.15) is 36.8 Å². The molecule has 2 aliphatic heterocycles. The Hall–Kier alpha value is -2.36. The molecule has 2 aliphatic rings. The molecule has 1 aromatic heterocycles. The molecule has 25 heavy (non-hydrogen) atoms. The van der Waals surface area contributed by atoms with E-state index in [1.807, 2.05) is 24.3 Å². The van der Waals surface area contributed by atoms with E-state index in [1.165, 1.54) is 5.56 Å². The highest BCUT2D eigenvalue weighted by Gasteiger charge is 2.43. The summed E-state index contributed by atoms with van der Waals surface area (Å²) in [5, 5.41) is 0. The van der Waals surface area contributed by atoms with Crippen molar-refractivity contribution in [3.8, 4) is 5.75 Å². The third-order valence-corrected chi connectivity index (χ3v) is 5.37. The van der Waals surface area contributed by atoms with E-state index < -0.39 is 0 Å². The number of pyridine rings is 1. The summed E-state index contributed by atoms with van der Waals surface area (Å²) in [6, 6.07) is 12.7. The summed E-state index contributed by atoms with van der Waals surface area (Å²) in [6.45, 7) is 2.07. The molecule has 2 atom stereocenters. The zero-order chi connectivity index (χ0) is 17.2. The lowest BCUT2D eigenvalue weighted by molar-refractivity contribution is -0.136. The normalized spacial score (nSPS) is 25.0. The van der Waals surface area contributed by atoms with Gasteiger partial charge in [0.25, 0.3) is 0 Å². The highest BCUT2D eigenvalue weighted by molar-refractivity contribution is 5.80. The van der Waals surface area contributed by atoms with Crippen LogP contribution in [0, 0.1) is 6.92 Å². The second kappa shape index (κ2) is 6.87. The summed E-state index contributed by atoms with van der Waals surface area (Å²) < 4.78 is 6.12. The fraction of sp³-hybridized carbons (Fsp3) is 0.429. The highest BCUT2D eigenvalue weighted by atomic mass is 16.5. The van der Waals surface area contributed by atoms with Gasteiger partial charge >= 0.3 is 0 Å². The molecular formula is C21H24N2O2. The fourth-order valence-corrected chi connectivity index (χ4v) is 4.33. The van der Waals surface area contributed by atoms with Crippen LogP contribution in [0.3, 0.4) is 0 Å². The summed E-state index contributed by atoms with van der Waals surface area (Å²) in [6.07, 6.45) is 8.26. The number of fused-ring (bicyclic) bond motifs is 2. The number of aryl methyl sites for hydroxylation is 1. The summed E-state index contributed by atoms with van der Waals surface area (Å²) in [4.78, 5) is 19.1. The Kier molecular flexibility index (Phi) is 4.43. The molecule has 1 amide bonds. The van der Waals surface area contributed by atoms with E-state index in [-0.39, 0.29) is 12.0 Å². The van der Waals surface area contributed by atoms with Crippen LogP contribution >= 0.6 is 0 Å². The van der Waals surface area contributed by atoms with Gasteiger partial charge in [-0.2, -0.15) is 0 Å². The van der Waals surface area contributed by atoms with E-state index in [0.29, 0.717) is 18.5 Å². The average Bonchev–Trinajstić information content (AvgIpc) is 2.87. The van der Waals surface area contributed by atoms with Gasteiger partial charge < -0.3 is 9.64 Å². The Morgan fingerprint density at radius 1 is 1.16 bits per heavy atom. The Morgan fingerprint density at radius 3 is 2.56 bits per heavy atom. The summed E-state index contributed by atoms with van der Waals surface area (Å²) in [5.74, 6) is 1.14. The lowest BCUT2D eigenvalue weighted by Gasteiger charge is -2.39. The molecule has 1 aromatic carbocycles. The molecular weight excluding hydrogens is 312 g/mol. The van der Waals surface area contributed by atoms with Crippen molar-refractivity contribution < 1.29 is 9.53 Å². The molecule has 2 bridgehead atoms. The highest BCUT2D eigenvalue weighted by Crippen LogP contribution is 2.37. The molecule has 4 rings (SSSR count). The van der Waals surface area contributed by atoms with Gasteiger partial charge in [-0.05, 0) is 37.5 Å². The number of benzene rings is 1. The summed E-state index contributed by atoms with van der Waals surface area (Å²) >= 11 is 0. The van der Waals surface area contributed by atoms with Crippen LogP contribution in [0.25, 0.3) is 0 Å². The Bertz CT molecular complexity index is 733. The zero-order valence-electron chi connectivity index (χ0n) is 14.6. The van der Waals surface area contributed by atoms with E-state index in [9.17, 15) is 4.79 Å². The molecule has 4 heteroatoms. The van der Waals surface area contributed by atoms with E-state index >= 15 is 0 Å². The van der Waals surface area contributed by atoms with E-state index in [0.717, 1.165) is 37.0 Å². The van der Waals surface area contributed by atoms with Crippen LogP contribution in [0.4, 0.5) is 0 Å². The Balaban J connectivity index is 1.41. The number of carbonyl (C=O) groups is 1. The lowest BCUT2D eigenvalue weighted by Crippen LogP contribution is -2.49. The predicted octanol–water partition coefficient (Wildman–Crippen LogP) is 3.53. The number of rotatable bonds is 4. The van der Waals surface area contributed by atoms with Gasteiger partial charge in [-0.15, -0.1) is 0 Å². The van der Waals surface area contributed by atoms with E-state index in [2.05, 4.69) is 28.9 Å². The number of aromatic nitrogens is 1. The lowest BCUT2D eigenvalue weighted by atomic mass is 9.98. The van der Waals surface area contributed by atoms with Crippen molar-refractivity contribution in [1.29, 1.82) is 0 Å². The smallest absolute Gasteiger partial charge is 0.227 e. The van der Waals surface area contributed by atoms with Crippen molar-refractivity contribution in [3.63, 3.8) is 0 Å². The van der Waals surface area contributed by atoms with E-state index in [1.54, 1.807) is 12.4 Å². The number of ether oxygens (including phenoxy) is 1. The van der Waals surface area contributed by atoms with Crippen molar-refractivity contribution in [1.82, 2.24) is 9.88 Å². The van der Waals surface area contributed by atoms with Gasteiger partial charge in [0.2, 0.25) is 5.91 Å². The molecule has 4 nitrogen and oxygen atoms in total. The van der Waals surface area contributed by atoms with Gasteiger partial charge in [0.15, 0.2) is 0 Å². The molecule has 2 aromatic rings. The first kappa shape index (κ1) is 16.1. The van der Waals surface area contributed by atoms with Gasteiger partial charge in [-0.1, -0.05) is 29.8 Å². The topological polar surface area (TPSA) is 42.4 Å². The van der Waals surface area contributed by atoms with Crippen molar-refractivity contribution >= 4 is 5.91 Å². The van der Waals surface area contributed by atoms with Gasteiger partial charge in [0.05, 0.1) is 6.42 Å². The first-order valence-electron chi connectivity index (χ1n) is 9.12. The van der Waals surface area contributed by atoms with Crippen molar-refractivity contribution in [2.75, 3.05) is 0 Å². The van der Waals surface area contributed by atoms with Gasteiger partial charge in [0, 0.05) is 37.3 Å². The third kappa shape index (κ3) is 3.53.